The lowest BCUT2D eigenvalue weighted by molar-refractivity contribution is 0.147. The fraction of sp³-hybridized carbons (Fsp3) is 0.667. The quantitative estimate of drug-likeness (QED) is 0.718. The van der Waals surface area contributed by atoms with Crippen LogP contribution in [0.3, 0.4) is 0 Å². The zero-order chi connectivity index (χ0) is 14.6. The molecule has 0 saturated carbocycles. The highest BCUT2D eigenvalue weighted by atomic mass is 35.5. The molecule has 0 amide bonds. The topological polar surface area (TPSA) is 87.4 Å². The van der Waals surface area contributed by atoms with Crippen molar-refractivity contribution in [2.24, 2.45) is 5.92 Å². The van der Waals surface area contributed by atoms with Gasteiger partial charge in [-0.3, -0.25) is 4.79 Å². The minimum Gasteiger partial charge on any atom is -0.394 e. The lowest BCUT2D eigenvalue weighted by atomic mass is 10.1. The van der Waals surface area contributed by atoms with Crippen LogP contribution in [-0.4, -0.2) is 38.7 Å². The second-order valence-corrected chi connectivity index (χ2v) is 5.63. The summed E-state index contributed by atoms with van der Waals surface area (Å²) in [6.07, 6.45) is 1.43. The maximum absolute atomic E-state index is 12.0. The van der Waals surface area contributed by atoms with Crippen LogP contribution in [0.25, 0.3) is 0 Å². The van der Waals surface area contributed by atoms with Gasteiger partial charge in [-0.05, 0) is 12.8 Å². The van der Waals surface area contributed by atoms with E-state index in [1.807, 2.05) is 13.8 Å². The lowest BCUT2D eigenvalue weighted by Gasteiger charge is -2.27. The van der Waals surface area contributed by atoms with Gasteiger partial charge < -0.3 is 15.5 Å². The largest absolute Gasteiger partial charge is 0.394 e. The molecule has 0 fully saturated rings. The third-order valence-corrected chi connectivity index (χ3v) is 3.02. The summed E-state index contributed by atoms with van der Waals surface area (Å²) in [4.78, 5) is 12.0. The number of nitrogens with zero attached hydrogens (tertiary/aromatic N) is 2. The van der Waals surface area contributed by atoms with E-state index >= 15 is 0 Å². The van der Waals surface area contributed by atoms with E-state index in [9.17, 15) is 15.0 Å². The highest BCUT2D eigenvalue weighted by Gasteiger charge is 2.24. The molecule has 0 atom stereocenters. The number of hydrogen-bond acceptors (Lipinski definition) is 5. The SMILES string of the molecule is CC(C)Cn1ncc(NC(C)(CO)CO)c(Cl)c1=O. The summed E-state index contributed by atoms with van der Waals surface area (Å²) >= 11 is 6.00. The standard InChI is InChI=1S/C12H20ClN3O3/c1-8(2)5-16-11(19)10(13)9(4-14-16)15-12(3,6-17)7-18/h4,8,15,17-18H,5-7H2,1-3H3. The molecule has 0 aliphatic carbocycles. The summed E-state index contributed by atoms with van der Waals surface area (Å²) in [6, 6.07) is 0. The van der Waals surface area contributed by atoms with Gasteiger partial charge in [0.25, 0.3) is 5.56 Å². The van der Waals surface area contributed by atoms with Crippen molar-refractivity contribution in [1.29, 1.82) is 0 Å². The van der Waals surface area contributed by atoms with Gasteiger partial charge in [-0.25, -0.2) is 4.68 Å². The van der Waals surface area contributed by atoms with Gasteiger partial charge in [0.05, 0.1) is 30.6 Å². The number of rotatable bonds is 6. The Bertz CT molecular complexity index is 484. The van der Waals surface area contributed by atoms with Gasteiger partial charge in [0.15, 0.2) is 0 Å². The second kappa shape index (κ2) is 6.36. The molecule has 0 aliphatic heterocycles. The number of hydrogen-bond donors (Lipinski definition) is 3. The van der Waals surface area contributed by atoms with Crippen LogP contribution in [0.15, 0.2) is 11.0 Å². The predicted molar refractivity (Wildman–Crippen MR) is 74.5 cm³/mol. The molecule has 0 spiro atoms. The molecule has 0 bridgehead atoms. The summed E-state index contributed by atoms with van der Waals surface area (Å²) in [5.41, 5.74) is -1.04. The van der Waals surface area contributed by atoms with Crippen LogP contribution in [0.4, 0.5) is 5.69 Å². The van der Waals surface area contributed by atoms with E-state index in [1.165, 1.54) is 10.9 Å². The predicted octanol–water partition coefficient (Wildman–Crippen LogP) is 0.708. The number of nitrogens with one attached hydrogen (secondary N) is 1. The molecule has 1 rings (SSSR count). The Balaban J connectivity index is 3.06. The molecule has 19 heavy (non-hydrogen) atoms. The van der Waals surface area contributed by atoms with Crippen molar-refractivity contribution in [3.8, 4) is 0 Å². The zero-order valence-corrected chi connectivity index (χ0v) is 12.1. The number of aliphatic hydroxyl groups is 2. The summed E-state index contributed by atoms with van der Waals surface area (Å²) in [5.74, 6) is 0.278. The maximum atomic E-state index is 12.0. The van der Waals surface area contributed by atoms with Crippen molar-refractivity contribution in [1.82, 2.24) is 9.78 Å². The van der Waals surface area contributed by atoms with Gasteiger partial charge in [-0.1, -0.05) is 25.4 Å². The average molecular weight is 290 g/mol. The van der Waals surface area contributed by atoms with Gasteiger partial charge in [-0.15, -0.1) is 0 Å². The smallest absolute Gasteiger partial charge is 0.287 e. The molecule has 0 aromatic carbocycles. The van der Waals surface area contributed by atoms with Crippen LogP contribution in [0.2, 0.25) is 5.02 Å². The Morgan fingerprint density at radius 1 is 1.47 bits per heavy atom. The first-order valence-corrected chi connectivity index (χ1v) is 6.46. The van der Waals surface area contributed by atoms with Crippen molar-refractivity contribution in [2.75, 3.05) is 18.5 Å². The van der Waals surface area contributed by atoms with E-state index in [0.29, 0.717) is 12.2 Å². The monoisotopic (exact) mass is 289 g/mol. The minimum absolute atomic E-state index is 0.00350. The van der Waals surface area contributed by atoms with Gasteiger partial charge in [-0.2, -0.15) is 5.10 Å². The van der Waals surface area contributed by atoms with Crippen LogP contribution in [0.5, 0.6) is 0 Å². The van der Waals surface area contributed by atoms with Gasteiger partial charge >= 0.3 is 0 Å². The summed E-state index contributed by atoms with van der Waals surface area (Å²) < 4.78 is 1.30. The third-order valence-electron chi connectivity index (χ3n) is 2.66. The number of aliphatic hydroxyl groups excluding tert-OH is 2. The summed E-state index contributed by atoms with van der Waals surface area (Å²) in [6.45, 7) is 5.45. The molecule has 1 heterocycles. The van der Waals surface area contributed by atoms with E-state index < -0.39 is 11.1 Å². The fourth-order valence-electron chi connectivity index (χ4n) is 1.48. The molecule has 6 nitrogen and oxygen atoms in total. The lowest BCUT2D eigenvalue weighted by Crippen LogP contribution is -2.43. The number of anilines is 1. The highest BCUT2D eigenvalue weighted by molar-refractivity contribution is 6.32. The van der Waals surface area contributed by atoms with Crippen molar-refractivity contribution in [2.45, 2.75) is 32.9 Å². The molecule has 108 valence electrons. The van der Waals surface area contributed by atoms with Crippen molar-refractivity contribution in [3.05, 3.63) is 21.6 Å². The van der Waals surface area contributed by atoms with Crippen LogP contribution in [-0.2, 0) is 6.54 Å². The van der Waals surface area contributed by atoms with Crippen molar-refractivity contribution < 1.29 is 10.2 Å². The molecule has 0 aliphatic rings. The van der Waals surface area contributed by atoms with Gasteiger partial charge in [0.1, 0.15) is 5.02 Å². The Labute approximate surface area is 117 Å². The molecule has 0 saturated heterocycles. The van der Waals surface area contributed by atoms with E-state index in [0.717, 1.165) is 0 Å². The van der Waals surface area contributed by atoms with Crippen molar-refractivity contribution in [3.63, 3.8) is 0 Å². The first-order chi connectivity index (χ1) is 8.83. The summed E-state index contributed by atoms with van der Waals surface area (Å²) in [5, 5.41) is 25.3. The molecule has 7 heteroatoms. The third kappa shape index (κ3) is 3.92. The van der Waals surface area contributed by atoms with Crippen LogP contribution < -0.4 is 10.9 Å². The van der Waals surface area contributed by atoms with Crippen molar-refractivity contribution >= 4 is 17.3 Å². The number of halogens is 1. The second-order valence-electron chi connectivity index (χ2n) is 5.26. The first-order valence-electron chi connectivity index (χ1n) is 6.08. The molecule has 3 N–H and O–H groups in total. The Hall–Kier alpha value is -1.11. The fourth-order valence-corrected chi connectivity index (χ4v) is 1.68. The molecule has 0 radical (unpaired) electrons. The Morgan fingerprint density at radius 2 is 2.05 bits per heavy atom. The van der Waals surface area contributed by atoms with E-state index in [-0.39, 0.29) is 24.2 Å². The maximum Gasteiger partial charge on any atom is 0.287 e. The highest BCUT2D eigenvalue weighted by Crippen LogP contribution is 2.20. The number of aromatic nitrogens is 2. The Kier molecular flexibility index (Phi) is 5.34. The molecule has 1 aromatic heterocycles. The van der Waals surface area contributed by atoms with Gasteiger partial charge in [0.2, 0.25) is 0 Å². The average Bonchev–Trinajstić information content (AvgIpc) is 2.38. The normalized spacial score (nSPS) is 11.9. The van der Waals surface area contributed by atoms with E-state index in [2.05, 4.69) is 10.4 Å². The van der Waals surface area contributed by atoms with Crippen LogP contribution in [0, 0.1) is 5.92 Å². The molecule has 1 aromatic rings. The van der Waals surface area contributed by atoms with Gasteiger partial charge in [0, 0.05) is 6.54 Å². The van der Waals surface area contributed by atoms with E-state index in [1.54, 1.807) is 6.92 Å². The van der Waals surface area contributed by atoms with Crippen LogP contribution in [0.1, 0.15) is 20.8 Å². The minimum atomic E-state index is -0.956. The first kappa shape index (κ1) is 15.9. The molecular weight excluding hydrogens is 270 g/mol. The molecular formula is C12H20ClN3O3. The zero-order valence-electron chi connectivity index (χ0n) is 11.4. The van der Waals surface area contributed by atoms with E-state index in [4.69, 9.17) is 11.6 Å². The van der Waals surface area contributed by atoms with Crippen LogP contribution >= 0.6 is 11.6 Å². The Morgan fingerprint density at radius 3 is 2.53 bits per heavy atom. The summed E-state index contributed by atoms with van der Waals surface area (Å²) in [7, 11) is 0. The molecule has 0 unspecified atom stereocenters.